The fourth-order valence-corrected chi connectivity index (χ4v) is 1.64. The standard InChI is InChI=1S/C14H22N2O3/c1-4-18-13-11(7-5-8-12(13)15)14(17)19-10-6-9-16(2)3/h5,7-8H,4,6,9-10,15H2,1-3H3. The lowest BCUT2D eigenvalue weighted by molar-refractivity contribution is 0.0489. The summed E-state index contributed by atoms with van der Waals surface area (Å²) in [4.78, 5) is 14.0. The summed E-state index contributed by atoms with van der Waals surface area (Å²) >= 11 is 0. The molecule has 0 saturated carbocycles. The quantitative estimate of drug-likeness (QED) is 0.463. The van der Waals surface area contributed by atoms with Crippen LogP contribution < -0.4 is 10.5 Å². The molecule has 1 aromatic rings. The summed E-state index contributed by atoms with van der Waals surface area (Å²) in [6.07, 6.45) is 0.797. The number of ether oxygens (including phenoxy) is 2. The van der Waals surface area contributed by atoms with Crippen molar-refractivity contribution in [1.82, 2.24) is 4.90 Å². The lowest BCUT2D eigenvalue weighted by Crippen LogP contribution is -2.16. The molecule has 5 nitrogen and oxygen atoms in total. The van der Waals surface area contributed by atoms with Gasteiger partial charge < -0.3 is 20.1 Å². The molecule has 0 heterocycles. The Balaban J connectivity index is 2.63. The van der Waals surface area contributed by atoms with Crippen LogP contribution >= 0.6 is 0 Å². The molecule has 0 fully saturated rings. The second kappa shape index (κ2) is 7.63. The molecule has 1 aromatic carbocycles. The van der Waals surface area contributed by atoms with Gasteiger partial charge in [-0.25, -0.2) is 4.79 Å². The van der Waals surface area contributed by atoms with Crippen LogP contribution in [0.2, 0.25) is 0 Å². The fourth-order valence-electron chi connectivity index (χ4n) is 1.64. The minimum Gasteiger partial charge on any atom is -0.491 e. The van der Waals surface area contributed by atoms with Crippen molar-refractivity contribution in [3.8, 4) is 5.75 Å². The topological polar surface area (TPSA) is 64.8 Å². The molecule has 0 aliphatic heterocycles. The van der Waals surface area contributed by atoms with E-state index in [1.165, 1.54) is 0 Å². The van der Waals surface area contributed by atoms with Crippen LogP contribution in [0.3, 0.4) is 0 Å². The van der Waals surface area contributed by atoms with Crippen LogP contribution in [0.25, 0.3) is 0 Å². The largest absolute Gasteiger partial charge is 0.491 e. The van der Waals surface area contributed by atoms with Crippen LogP contribution in [-0.4, -0.2) is 44.7 Å². The van der Waals surface area contributed by atoms with Gasteiger partial charge in [-0.1, -0.05) is 6.07 Å². The molecule has 0 aliphatic carbocycles. The summed E-state index contributed by atoms with van der Waals surface area (Å²) in [6.45, 7) is 3.56. The Labute approximate surface area is 114 Å². The number of esters is 1. The first-order chi connectivity index (χ1) is 9.06. The van der Waals surface area contributed by atoms with Crippen LogP contribution in [0.15, 0.2) is 18.2 Å². The highest BCUT2D eigenvalue weighted by atomic mass is 16.5. The van der Waals surface area contributed by atoms with Gasteiger partial charge in [-0.15, -0.1) is 0 Å². The predicted molar refractivity (Wildman–Crippen MR) is 75.5 cm³/mol. The molecule has 0 spiro atoms. The van der Waals surface area contributed by atoms with Crippen LogP contribution in [0, 0.1) is 0 Å². The Morgan fingerprint density at radius 1 is 1.37 bits per heavy atom. The third-order valence-corrected chi connectivity index (χ3v) is 2.54. The minimum absolute atomic E-state index is 0.381. The van der Waals surface area contributed by atoms with E-state index in [1.807, 2.05) is 25.9 Å². The summed E-state index contributed by atoms with van der Waals surface area (Å²) in [7, 11) is 3.96. The highest BCUT2D eigenvalue weighted by molar-refractivity contribution is 5.94. The number of anilines is 1. The van der Waals surface area contributed by atoms with E-state index >= 15 is 0 Å². The van der Waals surface area contributed by atoms with Crippen LogP contribution in [0.4, 0.5) is 5.69 Å². The van der Waals surface area contributed by atoms with Gasteiger partial charge in [-0.2, -0.15) is 0 Å². The van der Waals surface area contributed by atoms with Gasteiger partial charge in [-0.05, 0) is 39.6 Å². The molecule has 0 radical (unpaired) electrons. The Kier molecular flexibility index (Phi) is 6.15. The first kappa shape index (κ1) is 15.3. The molecule has 19 heavy (non-hydrogen) atoms. The molecular weight excluding hydrogens is 244 g/mol. The molecule has 0 atom stereocenters. The van der Waals surface area contributed by atoms with E-state index in [-0.39, 0.29) is 0 Å². The molecule has 5 heteroatoms. The summed E-state index contributed by atoms with van der Waals surface area (Å²) in [5.41, 5.74) is 6.63. The van der Waals surface area contributed by atoms with Gasteiger partial charge in [0.15, 0.2) is 5.75 Å². The second-order valence-corrected chi connectivity index (χ2v) is 4.45. The fraction of sp³-hybridized carbons (Fsp3) is 0.500. The number of rotatable bonds is 7. The SMILES string of the molecule is CCOc1c(N)cccc1C(=O)OCCCN(C)C. The maximum atomic E-state index is 12.0. The van der Waals surface area contributed by atoms with E-state index < -0.39 is 5.97 Å². The van der Waals surface area contributed by atoms with Crippen molar-refractivity contribution in [3.05, 3.63) is 23.8 Å². The summed E-state index contributed by atoms with van der Waals surface area (Å²) < 4.78 is 10.6. The van der Waals surface area contributed by atoms with E-state index in [0.29, 0.717) is 30.2 Å². The first-order valence-corrected chi connectivity index (χ1v) is 6.39. The highest BCUT2D eigenvalue weighted by Crippen LogP contribution is 2.26. The van der Waals surface area contributed by atoms with Crippen molar-refractivity contribution in [1.29, 1.82) is 0 Å². The van der Waals surface area contributed by atoms with Gasteiger partial charge in [-0.3, -0.25) is 0 Å². The maximum Gasteiger partial charge on any atom is 0.342 e. The predicted octanol–water partition coefficient (Wildman–Crippen LogP) is 1.78. The summed E-state index contributed by atoms with van der Waals surface area (Å²) in [6, 6.07) is 5.08. The summed E-state index contributed by atoms with van der Waals surface area (Å²) in [5.74, 6) is 0.0112. The Morgan fingerprint density at radius 3 is 2.74 bits per heavy atom. The molecule has 0 bridgehead atoms. The number of carbonyl (C=O) groups is 1. The Hall–Kier alpha value is -1.75. The molecule has 0 amide bonds. The average molecular weight is 266 g/mol. The maximum absolute atomic E-state index is 12.0. The van der Waals surface area contributed by atoms with Crippen molar-refractivity contribution in [3.63, 3.8) is 0 Å². The molecule has 0 aromatic heterocycles. The molecule has 2 N–H and O–H groups in total. The highest BCUT2D eigenvalue weighted by Gasteiger charge is 2.16. The van der Waals surface area contributed by atoms with E-state index in [0.717, 1.165) is 13.0 Å². The molecular formula is C14H22N2O3. The van der Waals surface area contributed by atoms with Gasteiger partial charge in [0, 0.05) is 6.54 Å². The van der Waals surface area contributed by atoms with Gasteiger partial charge in [0.25, 0.3) is 0 Å². The molecule has 0 unspecified atom stereocenters. The number of hydrogen-bond acceptors (Lipinski definition) is 5. The van der Waals surface area contributed by atoms with Gasteiger partial charge in [0.1, 0.15) is 5.56 Å². The minimum atomic E-state index is -0.394. The third kappa shape index (κ3) is 4.79. The lowest BCUT2D eigenvalue weighted by atomic mass is 10.1. The van der Waals surface area contributed by atoms with Crippen LogP contribution in [0.1, 0.15) is 23.7 Å². The Bertz CT molecular complexity index is 419. The monoisotopic (exact) mass is 266 g/mol. The molecule has 106 valence electrons. The number of nitrogens with zero attached hydrogens (tertiary/aromatic N) is 1. The van der Waals surface area contributed by atoms with Gasteiger partial charge >= 0.3 is 5.97 Å². The van der Waals surface area contributed by atoms with E-state index in [2.05, 4.69) is 0 Å². The zero-order valence-corrected chi connectivity index (χ0v) is 11.8. The number of nitrogen functional groups attached to an aromatic ring is 1. The zero-order valence-electron chi connectivity index (χ0n) is 11.8. The zero-order chi connectivity index (χ0) is 14.3. The number of hydrogen-bond donors (Lipinski definition) is 1. The van der Waals surface area contributed by atoms with Crippen molar-refractivity contribution in [2.24, 2.45) is 0 Å². The Morgan fingerprint density at radius 2 is 2.11 bits per heavy atom. The number of carbonyl (C=O) groups excluding carboxylic acids is 1. The van der Waals surface area contributed by atoms with Crippen LogP contribution in [0.5, 0.6) is 5.75 Å². The molecule has 1 rings (SSSR count). The summed E-state index contributed by atoms with van der Waals surface area (Å²) in [5, 5.41) is 0. The lowest BCUT2D eigenvalue weighted by Gasteiger charge is -2.13. The van der Waals surface area contributed by atoms with E-state index in [4.69, 9.17) is 15.2 Å². The van der Waals surface area contributed by atoms with Crippen LogP contribution in [-0.2, 0) is 4.74 Å². The third-order valence-electron chi connectivity index (χ3n) is 2.54. The van der Waals surface area contributed by atoms with Crippen molar-refractivity contribution in [2.75, 3.05) is 39.6 Å². The molecule has 0 saturated heterocycles. The van der Waals surface area contributed by atoms with Crippen molar-refractivity contribution < 1.29 is 14.3 Å². The number of nitrogens with two attached hydrogens (primary N) is 1. The molecule has 0 aliphatic rings. The van der Waals surface area contributed by atoms with Gasteiger partial charge in [0.05, 0.1) is 18.9 Å². The average Bonchev–Trinajstić information content (AvgIpc) is 2.36. The first-order valence-electron chi connectivity index (χ1n) is 6.39. The van der Waals surface area contributed by atoms with E-state index in [1.54, 1.807) is 18.2 Å². The number of para-hydroxylation sites is 1. The second-order valence-electron chi connectivity index (χ2n) is 4.45. The smallest absolute Gasteiger partial charge is 0.342 e. The van der Waals surface area contributed by atoms with Crippen molar-refractivity contribution >= 4 is 11.7 Å². The van der Waals surface area contributed by atoms with E-state index in [9.17, 15) is 4.79 Å². The number of benzene rings is 1. The normalized spacial score (nSPS) is 10.5. The van der Waals surface area contributed by atoms with Crippen molar-refractivity contribution in [2.45, 2.75) is 13.3 Å². The van der Waals surface area contributed by atoms with Gasteiger partial charge in [0.2, 0.25) is 0 Å².